The number of anilines is 1. The summed E-state index contributed by atoms with van der Waals surface area (Å²) in [5, 5.41) is 7.63. The molecule has 2 heterocycles. The molecule has 1 aromatic rings. The van der Waals surface area contributed by atoms with E-state index in [0.717, 1.165) is 23.8 Å². The molecule has 1 N–H and O–H groups in total. The third kappa shape index (κ3) is 3.16. The highest BCUT2D eigenvalue weighted by Gasteiger charge is 2.30. The van der Waals surface area contributed by atoms with E-state index in [0.29, 0.717) is 12.1 Å². The molecule has 0 spiro atoms. The fourth-order valence-corrected chi connectivity index (χ4v) is 4.15. The van der Waals surface area contributed by atoms with Gasteiger partial charge in [0, 0.05) is 25.2 Å². The quantitative estimate of drug-likeness (QED) is 0.868. The standard InChI is InChI=1S/C15H27N5S/c1-18(2)11-13-9-6-10-19(13)14-16-17-15(21)20(14)12-7-4-3-5-8-12/h12-13H,3-11H2,1-2H3,(H,17,21). The van der Waals surface area contributed by atoms with Crippen LogP contribution in [0.3, 0.4) is 0 Å². The molecule has 1 atom stereocenters. The van der Waals surface area contributed by atoms with Crippen LogP contribution in [0.4, 0.5) is 5.95 Å². The van der Waals surface area contributed by atoms with Gasteiger partial charge in [-0.1, -0.05) is 19.3 Å². The van der Waals surface area contributed by atoms with Crippen molar-refractivity contribution in [1.29, 1.82) is 0 Å². The van der Waals surface area contributed by atoms with E-state index in [9.17, 15) is 0 Å². The molecule has 118 valence electrons. The molecule has 1 aliphatic heterocycles. The molecule has 0 aromatic carbocycles. The number of rotatable bonds is 4. The molecule has 6 heteroatoms. The molecule has 0 bridgehead atoms. The van der Waals surface area contributed by atoms with Crippen LogP contribution < -0.4 is 4.90 Å². The topological polar surface area (TPSA) is 40.1 Å². The summed E-state index contributed by atoms with van der Waals surface area (Å²) in [5.74, 6) is 1.08. The van der Waals surface area contributed by atoms with Gasteiger partial charge in [0.05, 0.1) is 0 Å². The van der Waals surface area contributed by atoms with Crippen LogP contribution in [0, 0.1) is 4.77 Å². The predicted octanol–water partition coefficient (Wildman–Crippen LogP) is 2.98. The summed E-state index contributed by atoms with van der Waals surface area (Å²) >= 11 is 5.52. The van der Waals surface area contributed by atoms with Gasteiger partial charge in [-0.2, -0.15) is 0 Å². The van der Waals surface area contributed by atoms with E-state index < -0.39 is 0 Å². The Balaban J connectivity index is 1.86. The van der Waals surface area contributed by atoms with Gasteiger partial charge in [0.15, 0.2) is 4.77 Å². The van der Waals surface area contributed by atoms with Crippen molar-refractivity contribution in [2.45, 2.75) is 57.0 Å². The van der Waals surface area contributed by atoms with Gasteiger partial charge in [-0.3, -0.25) is 4.57 Å². The SMILES string of the molecule is CN(C)CC1CCCN1c1n[nH]c(=S)n1C1CCCCC1. The summed E-state index contributed by atoms with van der Waals surface area (Å²) in [6, 6.07) is 1.10. The third-order valence-corrected chi connectivity index (χ3v) is 5.12. The normalized spacial score (nSPS) is 24.1. The number of aromatic amines is 1. The van der Waals surface area contributed by atoms with Crippen LogP contribution in [0.25, 0.3) is 0 Å². The Labute approximate surface area is 132 Å². The Bertz CT molecular complexity index is 514. The smallest absolute Gasteiger partial charge is 0.226 e. The molecule has 1 saturated heterocycles. The van der Waals surface area contributed by atoms with E-state index in [4.69, 9.17) is 12.2 Å². The van der Waals surface area contributed by atoms with Gasteiger partial charge < -0.3 is 9.80 Å². The van der Waals surface area contributed by atoms with Crippen molar-refractivity contribution < 1.29 is 0 Å². The van der Waals surface area contributed by atoms with E-state index >= 15 is 0 Å². The van der Waals surface area contributed by atoms with Crippen LogP contribution in [-0.4, -0.2) is 52.9 Å². The van der Waals surface area contributed by atoms with Gasteiger partial charge in [-0.25, -0.2) is 5.10 Å². The monoisotopic (exact) mass is 309 g/mol. The molecule has 2 fully saturated rings. The Kier molecular flexibility index (Phi) is 4.64. The first-order valence-corrected chi connectivity index (χ1v) is 8.66. The summed E-state index contributed by atoms with van der Waals surface area (Å²) < 4.78 is 3.11. The molecule has 21 heavy (non-hydrogen) atoms. The van der Waals surface area contributed by atoms with Gasteiger partial charge in [0.1, 0.15) is 0 Å². The molecular formula is C15H27N5S. The van der Waals surface area contributed by atoms with Crippen molar-refractivity contribution in [3.63, 3.8) is 0 Å². The van der Waals surface area contributed by atoms with E-state index in [1.807, 2.05) is 0 Å². The van der Waals surface area contributed by atoms with Crippen LogP contribution in [0.1, 0.15) is 51.0 Å². The number of hydrogen-bond donors (Lipinski definition) is 1. The summed E-state index contributed by atoms with van der Waals surface area (Å²) in [4.78, 5) is 4.75. The lowest BCUT2D eigenvalue weighted by Gasteiger charge is -2.31. The fraction of sp³-hybridized carbons (Fsp3) is 0.867. The Morgan fingerprint density at radius 1 is 1.19 bits per heavy atom. The lowest BCUT2D eigenvalue weighted by molar-refractivity contribution is 0.343. The lowest BCUT2D eigenvalue weighted by atomic mass is 9.95. The second kappa shape index (κ2) is 6.48. The highest BCUT2D eigenvalue weighted by molar-refractivity contribution is 7.71. The van der Waals surface area contributed by atoms with Gasteiger partial charge in [-0.05, 0) is 52.0 Å². The molecule has 5 nitrogen and oxygen atoms in total. The van der Waals surface area contributed by atoms with Gasteiger partial charge >= 0.3 is 0 Å². The van der Waals surface area contributed by atoms with Crippen molar-refractivity contribution >= 4 is 18.2 Å². The largest absolute Gasteiger partial charge is 0.337 e. The number of hydrogen-bond acceptors (Lipinski definition) is 4. The summed E-state index contributed by atoms with van der Waals surface area (Å²) in [7, 11) is 4.30. The van der Waals surface area contributed by atoms with Crippen molar-refractivity contribution in [3.05, 3.63) is 4.77 Å². The number of aromatic nitrogens is 3. The zero-order valence-electron chi connectivity index (χ0n) is 13.2. The van der Waals surface area contributed by atoms with E-state index in [1.54, 1.807) is 0 Å². The minimum atomic E-state index is 0.542. The molecule has 0 radical (unpaired) electrons. The van der Waals surface area contributed by atoms with E-state index in [2.05, 4.69) is 38.7 Å². The highest BCUT2D eigenvalue weighted by atomic mass is 32.1. The first kappa shape index (κ1) is 15.0. The number of likely N-dealkylation sites (N-methyl/N-ethyl adjacent to an activating group) is 1. The van der Waals surface area contributed by atoms with Crippen LogP contribution in [-0.2, 0) is 0 Å². The Morgan fingerprint density at radius 2 is 1.95 bits per heavy atom. The maximum Gasteiger partial charge on any atom is 0.226 e. The molecule has 1 aliphatic carbocycles. The van der Waals surface area contributed by atoms with Crippen LogP contribution >= 0.6 is 12.2 Å². The first-order valence-electron chi connectivity index (χ1n) is 8.25. The van der Waals surface area contributed by atoms with Crippen molar-refractivity contribution in [2.75, 3.05) is 32.1 Å². The first-order chi connectivity index (χ1) is 10.2. The third-order valence-electron chi connectivity index (χ3n) is 4.84. The second-order valence-corrected chi connectivity index (χ2v) is 7.13. The minimum Gasteiger partial charge on any atom is -0.337 e. The number of nitrogens with zero attached hydrogens (tertiary/aromatic N) is 4. The average molecular weight is 309 g/mol. The van der Waals surface area contributed by atoms with E-state index in [1.165, 1.54) is 44.9 Å². The maximum atomic E-state index is 5.52. The van der Waals surface area contributed by atoms with Crippen LogP contribution in [0.15, 0.2) is 0 Å². The molecule has 0 amide bonds. The molecule has 1 saturated carbocycles. The second-order valence-electron chi connectivity index (χ2n) is 6.74. The molecule has 2 aliphatic rings. The zero-order valence-corrected chi connectivity index (χ0v) is 14.0. The average Bonchev–Trinajstić information content (AvgIpc) is 3.05. The Morgan fingerprint density at radius 3 is 2.67 bits per heavy atom. The van der Waals surface area contributed by atoms with Gasteiger partial charge in [0.2, 0.25) is 5.95 Å². The number of H-pyrrole nitrogens is 1. The molecule has 1 unspecified atom stereocenters. The molecule has 3 rings (SSSR count). The van der Waals surface area contributed by atoms with Crippen molar-refractivity contribution in [3.8, 4) is 0 Å². The van der Waals surface area contributed by atoms with Crippen LogP contribution in [0.2, 0.25) is 0 Å². The minimum absolute atomic E-state index is 0.542. The highest BCUT2D eigenvalue weighted by Crippen LogP contribution is 2.33. The summed E-state index contributed by atoms with van der Waals surface area (Å²) in [5.41, 5.74) is 0. The van der Waals surface area contributed by atoms with Gasteiger partial charge in [-0.15, -0.1) is 5.10 Å². The molecule has 1 aromatic heterocycles. The van der Waals surface area contributed by atoms with Crippen molar-refractivity contribution in [2.24, 2.45) is 0 Å². The summed E-state index contributed by atoms with van der Waals surface area (Å²) in [6.45, 7) is 2.19. The van der Waals surface area contributed by atoms with Crippen LogP contribution in [0.5, 0.6) is 0 Å². The lowest BCUT2D eigenvalue weighted by Crippen LogP contribution is -2.39. The maximum absolute atomic E-state index is 5.52. The van der Waals surface area contributed by atoms with E-state index in [-0.39, 0.29) is 0 Å². The molecular weight excluding hydrogens is 282 g/mol. The predicted molar refractivity (Wildman–Crippen MR) is 88.5 cm³/mol. The number of nitrogens with one attached hydrogen (secondary N) is 1. The van der Waals surface area contributed by atoms with Gasteiger partial charge in [0.25, 0.3) is 0 Å². The zero-order chi connectivity index (χ0) is 14.8. The van der Waals surface area contributed by atoms with Crippen molar-refractivity contribution in [1.82, 2.24) is 19.7 Å². The Hall–Kier alpha value is -0.880. The summed E-state index contributed by atoms with van der Waals surface area (Å²) in [6.07, 6.45) is 8.99. The fourth-order valence-electron chi connectivity index (χ4n) is 3.88.